The zero-order valence-electron chi connectivity index (χ0n) is 9.78. The predicted molar refractivity (Wildman–Crippen MR) is 65.0 cm³/mol. The van der Waals surface area contributed by atoms with Crippen molar-refractivity contribution in [1.29, 1.82) is 0 Å². The Morgan fingerprint density at radius 1 is 1.21 bits per heavy atom. The van der Waals surface area contributed by atoms with Crippen molar-refractivity contribution in [1.82, 2.24) is 4.98 Å². The van der Waals surface area contributed by atoms with Crippen LogP contribution < -0.4 is 5.73 Å². The molecule has 100 valence electrons. The van der Waals surface area contributed by atoms with E-state index in [2.05, 4.69) is 4.98 Å². The summed E-state index contributed by atoms with van der Waals surface area (Å²) in [4.78, 5) is 3.84. The number of hydrogen-bond acceptors (Lipinski definition) is 3. The van der Waals surface area contributed by atoms with Crippen LogP contribution in [0.4, 0.5) is 19.0 Å². The maximum absolute atomic E-state index is 12.7. The lowest BCUT2D eigenvalue weighted by molar-refractivity contribution is -0.137. The summed E-state index contributed by atoms with van der Waals surface area (Å²) in [5.74, 6) is 0.0888. The molecule has 19 heavy (non-hydrogen) atoms. The van der Waals surface area contributed by atoms with Gasteiger partial charge in [0.2, 0.25) is 0 Å². The minimum absolute atomic E-state index is 0.0888. The van der Waals surface area contributed by atoms with E-state index in [4.69, 9.17) is 5.73 Å². The first-order valence-corrected chi connectivity index (χ1v) is 5.45. The highest BCUT2D eigenvalue weighted by Crippen LogP contribution is 2.34. The molecule has 2 aromatic rings. The number of pyridine rings is 1. The molecule has 0 radical (unpaired) electrons. The Bertz CT molecular complexity index is 597. The van der Waals surface area contributed by atoms with Crippen molar-refractivity contribution in [3.8, 4) is 11.1 Å². The van der Waals surface area contributed by atoms with Gasteiger partial charge in [-0.15, -0.1) is 0 Å². The Morgan fingerprint density at radius 3 is 2.58 bits per heavy atom. The summed E-state index contributed by atoms with van der Waals surface area (Å²) in [5.41, 5.74) is 5.97. The standard InChI is InChI=1S/C13H11F3N2O/c14-13(15,16)10-3-1-2-8(6-10)11-9(7-19)4-5-18-12(11)17/h1-6,19H,7H2,(H2,17,18). The Kier molecular flexibility index (Phi) is 3.44. The first kappa shape index (κ1) is 13.4. The molecule has 3 nitrogen and oxygen atoms in total. The molecule has 3 N–H and O–H groups in total. The van der Waals surface area contributed by atoms with Crippen LogP contribution in [0.15, 0.2) is 36.5 Å². The van der Waals surface area contributed by atoms with Gasteiger partial charge < -0.3 is 10.8 Å². The highest BCUT2D eigenvalue weighted by molar-refractivity contribution is 5.77. The fourth-order valence-electron chi connectivity index (χ4n) is 1.84. The van der Waals surface area contributed by atoms with Crippen molar-refractivity contribution in [2.75, 3.05) is 5.73 Å². The maximum atomic E-state index is 12.7. The number of aromatic nitrogens is 1. The summed E-state index contributed by atoms with van der Waals surface area (Å²) in [6.07, 6.45) is -3.02. The van der Waals surface area contributed by atoms with Gasteiger partial charge in [-0.25, -0.2) is 4.98 Å². The van der Waals surface area contributed by atoms with Crippen molar-refractivity contribution >= 4 is 5.82 Å². The van der Waals surface area contributed by atoms with Gasteiger partial charge in [0.1, 0.15) is 5.82 Å². The molecule has 0 aliphatic carbocycles. The molecular weight excluding hydrogens is 257 g/mol. The van der Waals surface area contributed by atoms with E-state index >= 15 is 0 Å². The lowest BCUT2D eigenvalue weighted by Gasteiger charge is -2.12. The molecule has 0 spiro atoms. The van der Waals surface area contributed by atoms with Crippen molar-refractivity contribution in [3.63, 3.8) is 0 Å². The Balaban J connectivity index is 2.60. The van der Waals surface area contributed by atoms with Crippen LogP contribution >= 0.6 is 0 Å². The van der Waals surface area contributed by atoms with E-state index in [1.807, 2.05) is 0 Å². The van der Waals surface area contributed by atoms with Crippen molar-refractivity contribution in [2.45, 2.75) is 12.8 Å². The van der Waals surface area contributed by atoms with Gasteiger partial charge in [0.15, 0.2) is 0 Å². The normalized spacial score (nSPS) is 11.6. The van der Waals surface area contributed by atoms with E-state index in [-0.39, 0.29) is 18.0 Å². The van der Waals surface area contributed by atoms with Crippen LogP contribution in [0.3, 0.4) is 0 Å². The molecule has 0 bridgehead atoms. The SMILES string of the molecule is Nc1nccc(CO)c1-c1cccc(C(F)(F)F)c1. The van der Waals surface area contributed by atoms with Gasteiger partial charge >= 0.3 is 6.18 Å². The van der Waals surface area contributed by atoms with Crippen LogP contribution in [-0.4, -0.2) is 10.1 Å². The molecule has 2 rings (SSSR count). The highest BCUT2D eigenvalue weighted by atomic mass is 19.4. The molecule has 0 atom stereocenters. The van der Waals surface area contributed by atoms with Crippen LogP contribution in [0.25, 0.3) is 11.1 Å². The second kappa shape index (κ2) is 4.89. The summed E-state index contributed by atoms with van der Waals surface area (Å²) < 4.78 is 38.0. The Morgan fingerprint density at radius 2 is 1.95 bits per heavy atom. The number of nitrogen functional groups attached to an aromatic ring is 1. The zero-order valence-corrected chi connectivity index (χ0v) is 9.78. The third-order valence-corrected chi connectivity index (χ3v) is 2.72. The van der Waals surface area contributed by atoms with Crippen molar-refractivity contribution in [3.05, 3.63) is 47.7 Å². The van der Waals surface area contributed by atoms with Crippen LogP contribution in [0.1, 0.15) is 11.1 Å². The van der Waals surface area contributed by atoms with Crippen LogP contribution in [0.2, 0.25) is 0 Å². The van der Waals surface area contributed by atoms with Gasteiger partial charge in [-0.05, 0) is 29.3 Å². The minimum Gasteiger partial charge on any atom is -0.392 e. The summed E-state index contributed by atoms with van der Waals surface area (Å²) in [6, 6.07) is 6.29. The van der Waals surface area contributed by atoms with Gasteiger partial charge in [-0.1, -0.05) is 12.1 Å². The van der Waals surface area contributed by atoms with E-state index in [1.165, 1.54) is 24.4 Å². The molecule has 0 saturated heterocycles. The molecule has 6 heteroatoms. The van der Waals surface area contributed by atoms with E-state index in [9.17, 15) is 18.3 Å². The molecule has 0 aliphatic heterocycles. The van der Waals surface area contributed by atoms with Gasteiger partial charge in [-0.2, -0.15) is 13.2 Å². The van der Waals surface area contributed by atoms with E-state index in [0.29, 0.717) is 11.1 Å². The monoisotopic (exact) mass is 268 g/mol. The summed E-state index contributed by atoms with van der Waals surface area (Å²) in [6.45, 7) is -0.321. The van der Waals surface area contributed by atoms with Crippen LogP contribution in [-0.2, 0) is 12.8 Å². The van der Waals surface area contributed by atoms with Crippen molar-refractivity contribution in [2.24, 2.45) is 0 Å². The Hall–Kier alpha value is -2.08. The molecular formula is C13H11F3N2O. The van der Waals surface area contributed by atoms with Crippen molar-refractivity contribution < 1.29 is 18.3 Å². The summed E-state index contributed by atoms with van der Waals surface area (Å²) in [5, 5.41) is 9.23. The van der Waals surface area contributed by atoms with E-state index in [1.54, 1.807) is 0 Å². The maximum Gasteiger partial charge on any atom is 0.416 e. The highest BCUT2D eigenvalue weighted by Gasteiger charge is 2.30. The number of benzene rings is 1. The van der Waals surface area contributed by atoms with Gasteiger partial charge in [0.05, 0.1) is 12.2 Å². The first-order valence-electron chi connectivity index (χ1n) is 5.45. The summed E-state index contributed by atoms with van der Waals surface area (Å²) in [7, 11) is 0. The third-order valence-electron chi connectivity index (χ3n) is 2.72. The molecule has 0 amide bonds. The number of aliphatic hydroxyl groups excluding tert-OH is 1. The lowest BCUT2D eigenvalue weighted by Crippen LogP contribution is -2.05. The second-order valence-corrected chi connectivity index (χ2v) is 3.97. The quantitative estimate of drug-likeness (QED) is 0.880. The fourth-order valence-corrected chi connectivity index (χ4v) is 1.84. The number of aliphatic hydroxyl groups is 1. The number of nitrogens with two attached hydrogens (primary N) is 1. The van der Waals surface area contributed by atoms with Gasteiger partial charge in [0.25, 0.3) is 0 Å². The van der Waals surface area contributed by atoms with Gasteiger partial charge in [0, 0.05) is 11.8 Å². The number of hydrogen-bond donors (Lipinski definition) is 2. The topological polar surface area (TPSA) is 59.1 Å². The molecule has 0 fully saturated rings. The van der Waals surface area contributed by atoms with Crippen LogP contribution in [0, 0.1) is 0 Å². The minimum atomic E-state index is -4.42. The smallest absolute Gasteiger partial charge is 0.392 e. The lowest BCUT2D eigenvalue weighted by atomic mass is 9.99. The van der Waals surface area contributed by atoms with Crippen LogP contribution in [0.5, 0.6) is 0 Å². The molecule has 0 aliphatic rings. The number of rotatable bonds is 2. The predicted octanol–water partition coefficient (Wildman–Crippen LogP) is 2.84. The van der Waals surface area contributed by atoms with Gasteiger partial charge in [-0.3, -0.25) is 0 Å². The largest absolute Gasteiger partial charge is 0.416 e. The third kappa shape index (κ3) is 2.68. The van der Waals surface area contributed by atoms with E-state index < -0.39 is 11.7 Å². The molecule has 0 saturated carbocycles. The fraction of sp³-hybridized carbons (Fsp3) is 0.154. The first-order chi connectivity index (χ1) is 8.93. The zero-order chi connectivity index (χ0) is 14.0. The van der Waals surface area contributed by atoms with E-state index in [0.717, 1.165) is 12.1 Å². The molecule has 1 heterocycles. The number of nitrogens with zero attached hydrogens (tertiary/aromatic N) is 1. The number of alkyl halides is 3. The second-order valence-electron chi connectivity index (χ2n) is 3.97. The molecule has 1 aromatic carbocycles. The average molecular weight is 268 g/mol. The number of halogens is 3. The average Bonchev–Trinajstić information content (AvgIpc) is 2.37. The number of anilines is 1. The summed E-state index contributed by atoms with van der Waals surface area (Å²) >= 11 is 0. The molecule has 1 aromatic heterocycles. The molecule has 0 unspecified atom stereocenters. The Labute approximate surface area is 107 Å².